The summed E-state index contributed by atoms with van der Waals surface area (Å²) in [7, 11) is 0. The Balaban J connectivity index is 1.69. The van der Waals surface area contributed by atoms with Gasteiger partial charge in [-0.15, -0.1) is 0 Å². The van der Waals surface area contributed by atoms with Crippen LogP contribution in [-0.2, 0) is 6.42 Å². The standard InChI is InChI=1S/C18H25ClFN/c1-12-5-6-13(11-21-15-7-8-15)14(9-12)10-16-17(19)3-2-4-18(16)20/h2-4,12-15,21H,5-11H2,1H3. The van der Waals surface area contributed by atoms with Gasteiger partial charge in [0.05, 0.1) is 0 Å². The molecule has 21 heavy (non-hydrogen) atoms. The van der Waals surface area contributed by atoms with E-state index in [4.69, 9.17) is 11.6 Å². The summed E-state index contributed by atoms with van der Waals surface area (Å²) in [6.45, 7) is 3.41. The molecule has 1 nitrogen and oxygen atoms in total. The Bertz CT molecular complexity index is 466. The number of halogens is 2. The fourth-order valence-electron chi connectivity index (χ4n) is 3.68. The van der Waals surface area contributed by atoms with Crippen molar-refractivity contribution in [3.05, 3.63) is 34.6 Å². The Labute approximate surface area is 132 Å². The van der Waals surface area contributed by atoms with Gasteiger partial charge in [-0.2, -0.15) is 0 Å². The van der Waals surface area contributed by atoms with E-state index < -0.39 is 0 Å². The summed E-state index contributed by atoms with van der Waals surface area (Å²) in [5.74, 6) is 1.82. The molecule has 2 aliphatic rings. The largest absolute Gasteiger partial charge is 0.314 e. The van der Waals surface area contributed by atoms with E-state index in [1.807, 2.05) is 6.07 Å². The lowest BCUT2D eigenvalue weighted by atomic mass is 9.72. The molecule has 1 N–H and O–H groups in total. The highest BCUT2D eigenvalue weighted by Crippen LogP contribution is 2.37. The number of benzene rings is 1. The predicted octanol–water partition coefficient (Wildman–Crippen LogP) is 4.83. The summed E-state index contributed by atoms with van der Waals surface area (Å²) in [5.41, 5.74) is 0.717. The predicted molar refractivity (Wildman–Crippen MR) is 86.1 cm³/mol. The van der Waals surface area contributed by atoms with Crippen molar-refractivity contribution in [2.75, 3.05) is 6.54 Å². The second-order valence-electron chi connectivity index (χ2n) is 7.03. The summed E-state index contributed by atoms with van der Waals surface area (Å²) in [4.78, 5) is 0. The van der Waals surface area contributed by atoms with Crippen LogP contribution in [0.15, 0.2) is 18.2 Å². The third kappa shape index (κ3) is 3.98. The van der Waals surface area contributed by atoms with Gasteiger partial charge in [0.15, 0.2) is 0 Å². The molecule has 1 aromatic rings. The second-order valence-corrected chi connectivity index (χ2v) is 7.43. The smallest absolute Gasteiger partial charge is 0.127 e. The lowest BCUT2D eigenvalue weighted by Crippen LogP contribution is -2.34. The summed E-state index contributed by atoms with van der Waals surface area (Å²) < 4.78 is 14.1. The normalized spacial score (nSPS) is 29.6. The van der Waals surface area contributed by atoms with Crippen molar-refractivity contribution in [2.24, 2.45) is 17.8 Å². The first-order valence-corrected chi connectivity index (χ1v) is 8.67. The van der Waals surface area contributed by atoms with Gasteiger partial charge in [-0.3, -0.25) is 0 Å². The van der Waals surface area contributed by atoms with Crippen molar-refractivity contribution in [3.8, 4) is 0 Å². The van der Waals surface area contributed by atoms with E-state index in [1.165, 1.54) is 38.2 Å². The Morgan fingerprint density at radius 2 is 2.00 bits per heavy atom. The molecule has 2 aliphatic carbocycles. The van der Waals surface area contributed by atoms with Gasteiger partial charge >= 0.3 is 0 Å². The molecule has 1 aromatic carbocycles. The van der Waals surface area contributed by atoms with E-state index in [2.05, 4.69) is 12.2 Å². The maximum absolute atomic E-state index is 14.1. The Morgan fingerprint density at radius 1 is 1.19 bits per heavy atom. The van der Waals surface area contributed by atoms with Gasteiger partial charge in [0, 0.05) is 16.6 Å². The van der Waals surface area contributed by atoms with Gasteiger partial charge in [-0.05, 0) is 68.5 Å². The molecular weight excluding hydrogens is 285 g/mol. The lowest BCUT2D eigenvalue weighted by molar-refractivity contribution is 0.182. The highest BCUT2D eigenvalue weighted by Gasteiger charge is 2.31. The first-order valence-electron chi connectivity index (χ1n) is 8.29. The van der Waals surface area contributed by atoms with E-state index in [0.29, 0.717) is 16.9 Å². The van der Waals surface area contributed by atoms with E-state index in [9.17, 15) is 4.39 Å². The van der Waals surface area contributed by atoms with E-state index in [0.717, 1.165) is 30.5 Å². The number of nitrogens with one attached hydrogen (secondary N) is 1. The lowest BCUT2D eigenvalue weighted by Gasteiger charge is -2.35. The maximum atomic E-state index is 14.1. The van der Waals surface area contributed by atoms with Gasteiger partial charge < -0.3 is 5.32 Å². The zero-order valence-corrected chi connectivity index (χ0v) is 13.5. The van der Waals surface area contributed by atoms with Crippen LogP contribution in [0, 0.1) is 23.6 Å². The zero-order chi connectivity index (χ0) is 14.8. The van der Waals surface area contributed by atoms with Crippen molar-refractivity contribution < 1.29 is 4.39 Å². The van der Waals surface area contributed by atoms with Crippen LogP contribution in [0.3, 0.4) is 0 Å². The Kier molecular flexibility index (Phi) is 4.85. The van der Waals surface area contributed by atoms with Crippen molar-refractivity contribution in [1.82, 2.24) is 5.32 Å². The van der Waals surface area contributed by atoms with Gasteiger partial charge in [0.1, 0.15) is 5.82 Å². The summed E-state index contributed by atoms with van der Waals surface area (Å²) >= 11 is 6.21. The topological polar surface area (TPSA) is 12.0 Å². The van der Waals surface area contributed by atoms with Crippen LogP contribution < -0.4 is 5.32 Å². The maximum Gasteiger partial charge on any atom is 0.127 e. The molecule has 2 fully saturated rings. The van der Waals surface area contributed by atoms with Gasteiger partial charge in [-0.25, -0.2) is 4.39 Å². The minimum atomic E-state index is -0.144. The second kappa shape index (κ2) is 6.66. The highest BCUT2D eigenvalue weighted by molar-refractivity contribution is 6.31. The summed E-state index contributed by atoms with van der Waals surface area (Å²) in [6.07, 6.45) is 7.20. The molecule has 3 unspecified atom stereocenters. The fourth-order valence-corrected chi connectivity index (χ4v) is 3.92. The van der Waals surface area contributed by atoms with Crippen molar-refractivity contribution in [1.29, 1.82) is 0 Å². The molecule has 0 aromatic heterocycles. The van der Waals surface area contributed by atoms with Crippen LogP contribution in [-0.4, -0.2) is 12.6 Å². The molecule has 2 saturated carbocycles. The minimum absolute atomic E-state index is 0.144. The first-order chi connectivity index (χ1) is 10.1. The fraction of sp³-hybridized carbons (Fsp3) is 0.667. The monoisotopic (exact) mass is 309 g/mol. The van der Waals surface area contributed by atoms with E-state index in [1.54, 1.807) is 6.07 Å². The Hall–Kier alpha value is -0.600. The van der Waals surface area contributed by atoms with Crippen molar-refractivity contribution in [2.45, 2.75) is 51.5 Å². The molecule has 0 saturated heterocycles. The molecule has 0 spiro atoms. The van der Waals surface area contributed by atoms with E-state index in [-0.39, 0.29) is 5.82 Å². The average molecular weight is 310 g/mol. The van der Waals surface area contributed by atoms with Crippen LogP contribution in [0.2, 0.25) is 5.02 Å². The Morgan fingerprint density at radius 3 is 2.71 bits per heavy atom. The molecule has 0 aliphatic heterocycles. The molecule has 3 heteroatoms. The van der Waals surface area contributed by atoms with Crippen LogP contribution in [0.5, 0.6) is 0 Å². The van der Waals surface area contributed by atoms with E-state index >= 15 is 0 Å². The van der Waals surface area contributed by atoms with Gasteiger partial charge in [0.25, 0.3) is 0 Å². The average Bonchev–Trinajstić information content (AvgIpc) is 3.26. The van der Waals surface area contributed by atoms with Crippen LogP contribution in [0.1, 0.15) is 44.6 Å². The molecule has 3 rings (SSSR count). The van der Waals surface area contributed by atoms with Crippen molar-refractivity contribution >= 4 is 11.6 Å². The van der Waals surface area contributed by atoms with Crippen molar-refractivity contribution in [3.63, 3.8) is 0 Å². The molecular formula is C18H25ClFN. The van der Waals surface area contributed by atoms with Crippen LogP contribution in [0.4, 0.5) is 4.39 Å². The molecule has 0 bridgehead atoms. The SMILES string of the molecule is CC1CCC(CNC2CC2)C(Cc2c(F)cccc2Cl)C1. The third-order valence-electron chi connectivity index (χ3n) is 5.18. The highest BCUT2D eigenvalue weighted by atomic mass is 35.5. The summed E-state index contributed by atoms with van der Waals surface area (Å²) in [6, 6.07) is 5.79. The number of rotatable bonds is 5. The van der Waals surface area contributed by atoms with Gasteiger partial charge in [0.2, 0.25) is 0 Å². The molecule has 3 atom stereocenters. The summed E-state index contributed by atoms with van der Waals surface area (Å²) in [5, 5.41) is 4.24. The quantitative estimate of drug-likeness (QED) is 0.821. The third-order valence-corrected chi connectivity index (χ3v) is 5.53. The van der Waals surface area contributed by atoms with Crippen LogP contribution >= 0.6 is 11.6 Å². The number of hydrogen-bond acceptors (Lipinski definition) is 1. The molecule has 0 radical (unpaired) electrons. The van der Waals surface area contributed by atoms with Gasteiger partial charge in [-0.1, -0.05) is 31.0 Å². The molecule has 116 valence electrons. The molecule has 0 heterocycles. The molecule has 0 amide bonds. The van der Waals surface area contributed by atoms with Crippen LogP contribution in [0.25, 0.3) is 0 Å². The minimum Gasteiger partial charge on any atom is -0.314 e. The zero-order valence-electron chi connectivity index (χ0n) is 12.7. The number of hydrogen-bond donors (Lipinski definition) is 1. The first kappa shape index (κ1) is 15.3.